The molecular weight excluding hydrogens is 443 g/mol. The Morgan fingerprint density at radius 3 is 2.26 bits per heavy atom. The summed E-state index contributed by atoms with van der Waals surface area (Å²) in [5, 5.41) is 7.27. The van der Waals surface area contributed by atoms with Gasteiger partial charge in [0.05, 0.1) is 6.04 Å². The molecular formula is C25H26F3N5O. The number of fused-ring (bicyclic) bond motifs is 1. The van der Waals surface area contributed by atoms with E-state index >= 15 is 0 Å². The van der Waals surface area contributed by atoms with Crippen LogP contribution in [0.25, 0.3) is 0 Å². The maximum absolute atomic E-state index is 13.9. The molecule has 2 aliphatic heterocycles. The standard InChI is InChI=1S/C25H26F3N5O/c26-25(27,28)22-15-20(19-9-5-2-6-10-19)29-23-16-21(30-33(22)23)24(34)32-13-11-31(12-14-32)17-18-7-3-1-4-8-18/h1-10,16,20,22,29H,11-15,17H2. The van der Waals surface area contributed by atoms with Crippen molar-refractivity contribution in [3.05, 3.63) is 83.6 Å². The van der Waals surface area contributed by atoms with E-state index in [1.807, 2.05) is 24.3 Å². The Morgan fingerprint density at radius 2 is 1.62 bits per heavy atom. The van der Waals surface area contributed by atoms with Gasteiger partial charge in [0, 0.05) is 45.2 Å². The molecule has 9 heteroatoms. The first-order valence-electron chi connectivity index (χ1n) is 11.4. The summed E-state index contributed by atoms with van der Waals surface area (Å²) < 4.78 is 42.6. The zero-order chi connectivity index (χ0) is 23.7. The van der Waals surface area contributed by atoms with Crippen LogP contribution in [0.1, 0.15) is 40.1 Å². The van der Waals surface area contributed by atoms with E-state index in [-0.39, 0.29) is 23.8 Å². The molecule has 2 unspecified atom stereocenters. The highest BCUT2D eigenvalue weighted by Crippen LogP contribution is 2.43. The smallest absolute Gasteiger partial charge is 0.363 e. The lowest BCUT2D eigenvalue weighted by Crippen LogP contribution is -2.48. The van der Waals surface area contributed by atoms with E-state index in [0.717, 1.165) is 16.8 Å². The molecule has 3 heterocycles. The minimum Gasteiger partial charge on any atom is -0.363 e. The zero-order valence-electron chi connectivity index (χ0n) is 18.6. The van der Waals surface area contributed by atoms with Gasteiger partial charge in [0.2, 0.25) is 0 Å². The van der Waals surface area contributed by atoms with Crippen LogP contribution in [0.2, 0.25) is 0 Å². The Hall–Kier alpha value is -3.33. The number of halogens is 3. The molecule has 0 aliphatic carbocycles. The number of anilines is 1. The first-order valence-corrected chi connectivity index (χ1v) is 11.4. The van der Waals surface area contributed by atoms with Gasteiger partial charge in [-0.15, -0.1) is 0 Å². The van der Waals surface area contributed by atoms with E-state index in [1.54, 1.807) is 29.2 Å². The van der Waals surface area contributed by atoms with Gasteiger partial charge in [0.25, 0.3) is 5.91 Å². The Morgan fingerprint density at radius 1 is 0.971 bits per heavy atom. The van der Waals surface area contributed by atoms with Gasteiger partial charge in [-0.1, -0.05) is 60.7 Å². The summed E-state index contributed by atoms with van der Waals surface area (Å²) in [5.74, 6) is -0.117. The van der Waals surface area contributed by atoms with Crippen LogP contribution in [0, 0.1) is 0 Å². The molecule has 2 aliphatic rings. The summed E-state index contributed by atoms with van der Waals surface area (Å²) in [4.78, 5) is 17.1. The molecule has 0 bridgehead atoms. The third-order valence-electron chi connectivity index (χ3n) is 6.52. The van der Waals surface area contributed by atoms with Gasteiger partial charge in [0.15, 0.2) is 11.7 Å². The molecule has 5 rings (SSSR count). The molecule has 2 atom stereocenters. The molecule has 1 N–H and O–H groups in total. The summed E-state index contributed by atoms with van der Waals surface area (Å²) >= 11 is 0. The normalized spacial score (nSPS) is 21.1. The minimum absolute atomic E-state index is 0.0435. The number of nitrogens with one attached hydrogen (secondary N) is 1. The first kappa shape index (κ1) is 22.5. The van der Waals surface area contributed by atoms with Crippen molar-refractivity contribution in [2.75, 3.05) is 31.5 Å². The fourth-order valence-corrected chi connectivity index (χ4v) is 4.69. The summed E-state index contributed by atoms with van der Waals surface area (Å²) in [6, 6.07) is 18.3. The highest BCUT2D eigenvalue weighted by Gasteiger charge is 2.47. The Kier molecular flexibility index (Phi) is 6.03. The number of piperazine rings is 1. The SMILES string of the molecule is O=C(c1cc2n(n1)C(C(F)(F)F)CC(c1ccccc1)N2)N1CCN(Cc2ccccc2)CC1. The van der Waals surface area contributed by atoms with Gasteiger partial charge >= 0.3 is 6.18 Å². The number of carbonyl (C=O) groups excluding carboxylic acids is 1. The number of rotatable bonds is 4. The number of hydrogen-bond acceptors (Lipinski definition) is 4. The van der Waals surface area contributed by atoms with E-state index in [0.29, 0.717) is 26.2 Å². The molecule has 178 valence electrons. The van der Waals surface area contributed by atoms with Gasteiger partial charge in [-0.05, 0) is 11.1 Å². The van der Waals surface area contributed by atoms with Crippen molar-refractivity contribution in [2.24, 2.45) is 0 Å². The maximum Gasteiger partial charge on any atom is 0.410 e. The second-order valence-electron chi connectivity index (χ2n) is 8.81. The molecule has 3 aromatic rings. The highest BCUT2D eigenvalue weighted by molar-refractivity contribution is 5.93. The number of benzene rings is 2. The van der Waals surface area contributed by atoms with Crippen molar-refractivity contribution in [1.82, 2.24) is 19.6 Å². The van der Waals surface area contributed by atoms with Crippen LogP contribution < -0.4 is 5.32 Å². The van der Waals surface area contributed by atoms with Gasteiger partial charge in [-0.25, -0.2) is 4.68 Å². The van der Waals surface area contributed by atoms with Crippen molar-refractivity contribution in [1.29, 1.82) is 0 Å². The molecule has 0 saturated carbocycles. The van der Waals surface area contributed by atoms with Crippen molar-refractivity contribution < 1.29 is 18.0 Å². The summed E-state index contributed by atoms with van der Waals surface area (Å²) in [6.07, 6.45) is -4.66. The second kappa shape index (κ2) is 9.13. The molecule has 2 aromatic carbocycles. The average Bonchev–Trinajstić information content (AvgIpc) is 3.28. The second-order valence-corrected chi connectivity index (χ2v) is 8.81. The van der Waals surface area contributed by atoms with Crippen LogP contribution >= 0.6 is 0 Å². The predicted molar refractivity (Wildman–Crippen MR) is 122 cm³/mol. The lowest BCUT2D eigenvalue weighted by atomic mass is 9.97. The van der Waals surface area contributed by atoms with Crippen LogP contribution in [0.5, 0.6) is 0 Å². The molecule has 1 fully saturated rings. The molecule has 1 amide bonds. The van der Waals surface area contributed by atoms with Crippen LogP contribution in [-0.2, 0) is 6.54 Å². The molecule has 0 spiro atoms. The third kappa shape index (κ3) is 4.65. The van der Waals surface area contributed by atoms with E-state index in [4.69, 9.17) is 0 Å². The number of nitrogens with zero attached hydrogens (tertiary/aromatic N) is 4. The number of amides is 1. The fraction of sp³-hybridized carbons (Fsp3) is 0.360. The van der Waals surface area contributed by atoms with Crippen molar-refractivity contribution in [3.8, 4) is 0 Å². The maximum atomic E-state index is 13.9. The van der Waals surface area contributed by atoms with Crippen LogP contribution in [0.15, 0.2) is 66.7 Å². The predicted octanol–water partition coefficient (Wildman–Crippen LogP) is 4.50. The van der Waals surface area contributed by atoms with Gasteiger partial charge < -0.3 is 10.2 Å². The van der Waals surface area contributed by atoms with Crippen LogP contribution in [-0.4, -0.2) is 57.8 Å². The van der Waals surface area contributed by atoms with Crippen molar-refractivity contribution >= 4 is 11.7 Å². The minimum atomic E-state index is -4.47. The van der Waals surface area contributed by atoms with Gasteiger partial charge in [-0.3, -0.25) is 9.69 Å². The monoisotopic (exact) mass is 469 g/mol. The van der Waals surface area contributed by atoms with Crippen molar-refractivity contribution in [2.45, 2.75) is 31.2 Å². The summed E-state index contributed by atoms with van der Waals surface area (Å²) in [6.45, 7) is 3.23. The third-order valence-corrected chi connectivity index (χ3v) is 6.52. The Labute approximate surface area is 196 Å². The van der Waals surface area contributed by atoms with E-state index in [1.165, 1.54) is 11.6 Å². The zero-order valence-corrected chi connectivity index (χ0v) is 18.6. The molecule has 0 radical (unpaired) electrons. The van der Waals surface area contributed by atoms with E-state index in [9.17, 15) is 18.0 Å². The number of hydrogen-bond donors (Lipinski definition) is 1. The van der Waals surface area contributed by atoms with E-state index < -0.39 is 18.3 Å². The largest absolute Gasteiger partial charge is 0.410 e. The molecule has 6 nitrogen and oxygen atoms in total. The van der Waals surface area contributed by atoms with Gasteiger partial charge in [-0.2, -0.15) is 18.3 Å². The summed E-state index contributed by atoms with van der Waals surface area (Å²) in [5.41, 5.74) is 2.02. The number of aromatic nitrogens is 2. The average molecular weight is 470 g/mol. The first-order chi connectivity index (χ1) is 16.4. The van der Waals surface area contributed by atoms with Gasteiger partial charge in [0.1, 0.15) is 5.82 Å². The fourth-order valence-electron chi connectivity index (χ4n) is 4.69. The molecule has 34 heavy (non-hydrogen) atoms. The lowest BCUT2D eigenvalue weighted by Gasteiger charge is -2.34. The van der Waals surface area contributed by atoms with Crippen LogP contribution in [0.4, 0.5) is 19.0 Å². The van der Waals surface area contributed by atoms with Crippen molar-refractivity contribution in [3.63, 3.8) is 0 Å². The Bertz CT molecular complexity index is 1120. The molecule has 1 saturated heterocycles. The highest BCUT2D eigenvalue weighted by atomic mass is 19.4. The topological polar surface area (TPSA) is 53.4 Å². The lowest BCUT2D eigenvalue weighted by molar-refractivity contribution is -0.173. The molecule has 1 aromatic heterocycles. The number of carbonyl (C=O) groups is 1. The number of alkyl halides is 3. The Balaban J connectivity index is 1.30. The van der Waals surface area contributed by atoms with E-state index in [2.05, 4.69) is 27.4 Å². The quantitative estimate of drug-likeness (QED) is 0.611. The van der Waals surface area contributed by atoms with Crippen LogP contribution in [0.3, 0.4) is 0 Å². The summed E-state index contributed by atoms with van der Waals surface area (Å²) in [7, 11) is 0.